The zero-order valence-electron chi connectivity index (χ0n) is 13.0. The maximum atomic E-state index is 13.1. The molecule has 1 aliphatic rings. The predicted octanol–water partition coefficient (Wildman–Crippen LogP) is 1.41. The number of carbonyl (C=O) groups excluding carboxylic acids is 1. The second-order valence-electron chi connectivity index (χ2n) is 5.74. The van der Waals surface area contributed by atoms with Crippen molar-refractivity contribution in [3.63, 3.8) is 0 Å². The molecule has 1 amide bonds. The first-order valence-electron chi connectivity index (χ1n) is 7.59. The van der Waals surface area contributed by atoms with Gasteiger partial charge in [-0.25, -0.2) is 9.07 Å². The summed E-state index contributed by atoms with van der Waals surface area (Å²) in [6.07, 6.45) is 5.02. The largest absolute Gasteiger partial charge is 0.334 e. The molecule has 0 N–H and O–H groups in total. The Kier molecular flexibility index (Phi) is 3.92. The molecular weight excluding hydrogens is 349 g/mol. The number of hydrogen-bond donors (Lipinski definition) is 0. The first kappa shape index (κ1) is 15.7. The van der Waals surface area contributed by atoms with Crippen LogP contribution >= 0.6 is 11.6 Å². The Labute approximate surface area is 146 Å². The molecule has 1 saturated heterocycles. The number of carbonyl (C=O) groups is 1. The summed E-state index contributed by atoms with van der Waals surface area (Å²) in [4.78, 5) is 15.6. The maximum Gasteiger partial charge on any atom is 0.255 e. The van der Waals surface area contributed by atoms with Crippen LogP contribution in [0.5, 0.6) is 0 Å². The molecular formula is C15H13ClFN7O. The lowest BCUT2D eigenvalue weighted by molar-refractivity contribution is 0.0498. The second kappa shape index (κ2) is 6.25. The minimum atomic E-state index is -0.468. The summed E-state index contributed by atoms with van der Waals surface area (Å²) in [7, 11) is 0. The molecule has 3 aromatic rings. The van der Waals surface area contributed by atoms with Gasteiger partial charge in [-0.3, -0.25) is 4.79 Å². The van der Waals surface area contributed by atoms with Crippen LogP contribution in [0.3, 0.4) is 0 Å². The number of amides is 1. The van der Waals surface area contributed by atoms with E-state index in [9.17, 15) is 9.18 Å². The van der Waals surface area contributed by atoms with Crippen molar-refractivity contribution < 1.29 is 9.18 Å². The van der Waals surface area contributed by atoms with Crippen molar-refractivity contribution in [1.29, 1.82) is 0 Å². The highest BCUT2D eigenvalue weighted by Crippen LogP contribution is 2.26. The zero-order valence-corrected chi connectivity index (χ0v) is 13.7. The minimum Gasteiger partial charge on any atom is -0.334 e. The molecule has 8 nitrogen and oxygen atoms in total. The molecule has 0 bridgehead atoms. The van der Waals surface area contributed by atoms with Crippen LogP contribution in [0.15, 0.2) is 36.8 Å². The molecule has 0 unspecified atom stereocenters. The van der Waals surface area contributed by atoms with Gasteiger partial charge in [0.05, 0.1) is 35.2 Å². The molecule has 1 fully saturated rings. The summed E-state index contributed by atoms with van der Waals surface area (Å²) in [5, 5.41) is 16.3. The standard InChI is InChI=1S/C15H13ClFN7O/c16-14-5-10(17)1-2-13(14)15(25)22-8-12(9-22)23-6-11(20-21-23)7-24-18-3-4-19-24/h1-6,12H,7-9H2. The molecule has 4 rings (SSSR count). The highest BCUT2D eigenvalue weighted by Gasteiger charge is 2.34. The summed E-state index contributed by atoms with van der Waals surface area (Å²) in [6, 6.07) is 3.82. The van der Waals surface area contributed by atoms with Gasteiger partial charge in [-0.05, 0) is 18.2 Å². The van der Waals surface area contributed by atoms with Gasteiger partial charge in [-0.15, -0.1) is 5.10 Å². The highest BCUT2D eigenvalue weighted by molar-refractivity contribution is 6.33. The van der Waals surface area contributed by atoms with E-state index in [1.54, 1.807) is 22.0 Å². The third kappa shape index (κ3) is 3.10. The Bertz CT molecular complexity index is 905. The molecule has 0 spiro atoms. The molecule has 1 aromatic carbocycles. The third-order valence-electron chi connectivity index (χ3n) is 4.01. The van der Waals surface area contributed by atoms with Gasteiger partial charge in [0.2, 0.25) is 0 Å². The lowest BCUT2D eigenvalue weighted by Crippen LogP contribution is -2.51. The molecule has 0 aliphatic carbocycles. The van der Waals surface area contributed by atoms with E-state index >= 15 is 0 Å². The van der Waals surface area contributed by atoms with Crippen LogP contribution in [-0.4, -0.2) is 53.9 Å². The van der Waals surface area contributed by atoms with Crippen LogP contribution in [0.4, 0.5) is 4.39 Å². The van der Waals surface area contributed by atoms with Gasteiger partial charge in [0.15, 0.2) is 0 Å². The van der Waals surface area contributed by atoms with Crippen LogP contribution < -0.4 is 0 Å². The zero-order chi connectivity index (χ0) is 17.4. The molecule has 10 heteroatoms. The predicted molar refractivity (Wildman–Crippen MR) is 85.5 cm³/mol. The van der Waals surface area contributed by atoms with Crippen molar-refractivity contribution >= 4 is 17.5 Å². The van der Waals surface area contributed by atoms with Gasteiger partial charge in [-0.1, -0.05) is 16.8 Å². The van der Waals surface area contributed by atoms with Crippen molar-refractivity contribution in [2.24, 2.45) is 0 Å². The van der Waals surface area contributed by atoms with Gasteiger partial charge in [-0.2, -0.15) is 15.0 Å². The van der Waals surface area contributed by atoms with E-state index < -0.39 is 5.82 Å². The Morgan fingerprint density at radius 2 is 2.04 bits per heavy atom. The Morgan fingerprint density at radius 1 is 1.28 bits per heavy atom. The Morgan fingerprint density at radius 3 is 2.76 bits per heavy atom. The molecule has 0 saturated carbocycles. The van der Waals surface area contributed by atoms with Gasteiger partial charge in [0.25, 0.3) is 5.91 Å². The summed E-state index contributed by atoms with van der Waals surface area (Å²) >= 11 is 5.94. The van der Waals surface area contributed by atoms with E-state index in [0.717, 1.165) is 11.8 Å². The third-order valence-corrected chi connectivity index (χ3v) is 4.33. The maximum absolute atomic E-state index is 13.1. The number of halogens is 2. The summed E-state index contributed by atoms with van der Waals surface area (Å²) in [5.74, 6) is -0.688. The number of rotatable bonds is 4. The molecule has 0 atom stereocenters. The first-order valence-corrected chi connectivity index (χ1v) is 7.97. The monoisotopic (exact) mass is 361 g/mol. The molecule has 0 radical (unpaired) electrons. The highest BCUT2D eigenvalue weighted by atomic mass is 35.5. The SMILES string of the molecule is O=C(c1ccc(F)cc1Cl)N1CC(n2cc(Cn3nccn3)nn2)C1. The number of hydrogen-bond acceptors (Lipinski definition) is 5. The van der Waals surface area contributed by atoms with Crippen LogP contribution in [0.2, 0.25) is 5.02 Å². The first-order chi connectivity index (χ1) is 12.1. The van der Waals surface area contributed by atoms with Crippen LogP contribution in [0, 0.1) is 5.82 Å². The number of aromatic nitrogens is 6. The van der Waals surface area contributed by atoms with Crippen molar-refractivity contribution in [2.45, 2.75) is 12.6 Å². The minimum absolute atomic E-state index is 0.0509. The Balaban J connectivity index is 1.38. The molecule has 3 heterocycles. The second-order valence-corrected chi connectivity index (χ2v) is 6.14. The van der Waals surface area contributed by atoms with Crippen molar-refractivity contribution in [1.82, 2.24) is 34.9 Å². The summed E-state index contributed by atoms with van der Waals surface area (Å²) in [6.45, 7) is 1.43. The molecule has 128 valence electrons. The van der Waals surface area contributed by atoms with E-state index in [1.807, 2.05) is 6.20 Å². The van der Waals surface area contributed by atoms with E-state index in [0.29, 0.717) is 25.2 Å². The molecule has 2 aromatic heterocycles. The smallest absolute Gasteiger partial charge is 0.255 e. The Hall–Kier alpha value is -2.81. The van der Waals surface area contributed by atoms with E-state index in [4.69, 9.17) is 11.6 Å². The van der Waals surface area contributed by atoms with E-state index in [-0.39, 0.29) is 17.0 Å². The van der Waals surface area contributed by atoms with Crippen LogP contribution in [-0.2, 0) is 6.54 Å². The lowest BCUT2D eigenvalue weighted by Gasteiger charge is -2.39. The number of likely N-dealkylation sites (tertiary alicyclic amines) is 1. The van der Waals surface area contributed by atoms with Crippen molar-refractivity contribution in [3.8, 4) is 0 Å². The fraction of sp³-hybridized carbons (Fsp3) is 0.267. The van der Waals surface area contributed by atoms with Crippen molar-refractivity contribution in [3.05, 3.63) is 58.9 Å². The number of nitrogens with zero attached hydrogens (tertiary/aromatic N) is 7. The van der Waals surface area contributed by atoms with Gasteiger partial charge < -0.3 is 4.90 Å². The number of benzene rings is 1. The topological polar surface area (TPSA) is 81.7 Å². The molecule has 1 aliphatic heterocycles. The van der Waals surface area contributed by atoms with Gasteiger partial charge in [0, 0.05) is 13.1 Å². The van der Waals surface area contributed by atoms with E-state index in [2.05, 4.69) is 20.5 Å². The molecule has 25 heavy (non-hydrogen) atoms. The lowest BCUT2D eigenvalue weighted by atomic mass is 10.1. The fourth-order valence-corrected chi connectivity index (χ4v) is 2.90. The average molecular weight is 362 g/mol. The van der Waals surface area contributed by atoms with Crippen LogP contribution in [0.1, 0.15) is 22.1 Å². The summed E-state index contributed by atoms with van der Waals surface area (Å²) < 4.78 is 14.8. The quantitative estimate of drug-likeness (QED) is 0.701. The van der Waals surface area contributed by atoms with Gasteiger partial charge in [0.1, 0.15) is 18.1 Å². The van der Waals surface area contributed by atoms with E-state index in [1.165, 1.54) is 16.9 Å². The van der Waals surface area contributed by atoms with Crippen molar-refractivity contribution in [2.75, 3.05) is 13.1 Å². The van der Waals surface area contributed by atoms with Gasteiger partial charge >= 0.3 is 0 Å². The summed E-state index contributed by atoms with van der Waals surface area (Å²) in [5.41, 5.74) is 1.04. The van der Waals surface area contributed by atoms with Crippen LogP contribution in [0.25, 0.3) is 0 Å². The average Bonchev–Trinajstić information content (AvgIpc) is 3.18. The fourth-order valence-electron chi connectivity index (χ4n) is 2.66. The normalized spacial score (nSPS) is 14.6.